The van der Waals surface area contributed by atoms with Gasteiger partial charge < -0.3 is 15.0 Å². The van der Waals surface area contributed by atoms with Gasteiger partial charge in [-0.1, -0.05) is 12.1 Å². The number of hydrogen-bond acceptors (Lipinski definition) is 3. The largest absolute Gasteiger partial charge is 0.452 e. The van der Waals surface area contributed by atoms with Crippen molar-refractivity contribution in [2.24, 2.45) is 0 Å². The van der Waals surface area contributed by atoms with Gasteiger partial charge in [0.15, 0.2) is 22.7 Å². The molecular formula is C22H16F2N2O2. The zero-order valence-electron chi connectivity index (χ0n) is 14.9. The van der Waals surface area contributed by atoms with Crippen LogP contribution in [0.1, 0.15) is 5.56 Å². The highest BCUT2D eigenvalue weighted by molar-refractivity contribution is 5.82. The predicted octanol–water partition coefficient (Wildman–Crippen LogP) is 4.95. The minimum atomic E-state index is -0.816. The van der Waals surface area contributed by atoms with E-state index in [1.54, 1.807) is 48.0 Å². The Morgan fingerprint density at radius 2 is 1.71 bits per heavy atom. The number of aromatic nitrogens is 1. The third-order valence-electron chi connectivity index (χ3n) is 4.45. The molecule has 0 saturated carbocycles. The van der Waals surface area contributed by atoms with Crippen LogP contribution in [0.25, 0.3) is 16.6 Å². The summed E-state index contributed by atoms with van der Waals surface area (Å²) in [6.45, 7) is 1.72. The van der Waals surface area contributed by atoms with Crippen LogP contribution in [0, 0.1) is 18.6 Å². The number of benzene rings is 3. The average molecular weight is 378 g/mol. The van der Waals surface area contributed by atoms with Gasteiger partial charge in [0, 0.05) is 28.9 Å². The molecule has 4 rings (SSSR count). The van der Waals surface area contributed by atoms with Crippen molar-refractivity contribution in [3.63, 3.8) is 0 Å². The second-order valence-electron chi connectivity index (χ2n) is 6.43. The maximum absolute atomic E-state index is 14.1. The van der Waals surface area contributed by atoms with E-state index >= 15 is 0 Å². The van der Waals surface area contributed by atoms with Crippen LogP contribution in [0.5, 0.6) is 11.5 Å². The summed E-state index contributed by atoms with van der Waals surface area (Å²) in [4.78, 5) is 12.5. The molecule has 0 aliphatic heterocycles. The quantitative estimate of drug-likeness (QED) is 0.513. The lowest BCUT2D eigenvalue weighted by atomic mass is 10.1. The van der Waals surface area contributed by atoms with E-state index in [2.05, 4.69) is 0 Å². The topological polar surface area (TPSA) is 57.2 Å². The lowest BCUT2D eigenvalue weighted by Crippen LogP contribution is -2.12. The number of para-hydroxylation sites is 1. The Hall–Kier alpha value is -3.67. The van der Waals surface area contributed by atoms with E-state index in [0.717, 1.165) is 12.1 Å². The number of nitrogen functional groups attached to an aromatic ring is 1. The molecule has 0 saturated heterocycles. The Labute approximate surface area is 159 Å². The molecule has 0 atom stereocenters. The number of rotatable bonds is 3. The Kier molecular flexibility index (Phi) is 4.31. The monoisotopic (exact) mass is 378 g/mol. The summed E-state index contributed by atoms with van der Waals surface area (Å²) in [7, 11) is 0. The van der Waals surface area contributed by atoms with Gasteiger partial charge in [0.25, 0.3) is 0 Å². The number of anilines is 1. The van der Waals surface area contributed by atoms with Gasteiger partial charge in [-0.3, -0.25) is 4.79 Å². The van der Waals surface area contributed by atoms with Crippen molar-refractivity contribution < 1.29 is 13.5 Å². The van der Waals surface area contributed by atoms with Crippen molar-refractivity contribution in [2.75, 3.05) is 5.73 Å². The molecule has 0 aliphatic carbocycles. The van der Waals surface area contributed by atoms with Crippen LogP contribution in [-0.4, -0.2) is 4.57 Å². The van der Waals surface area contributed by atoms with Crippen LogP contribution < -0.4 is 15.9 Å². The number of fused-ring (bicyclic) bond motifs is 1. The van der Waals surface area contributed by atoms with Crippen LogP contribution in [-0.2, 0) is 0 Å². The first-order chi connectivity index (χ1) is 13.4. The molecular weight excluding hydrogens is 362 g/mol. The van der Waals surface area contributed by atoms with Crippen molar-refractivity contribution in [2.45, 2.75) is 6.92 Å². The second kappa shape index (κ2) is 6.81. The average Bonchev–Trinajstić information content (AvgIpc) is 2.68. The number of halogens is 2. The van der Waals surface area contributed by atoms with E-state index in [4.69, 9.17) is 10.5 Å². The molecule has 2 N–H and O–H groups in total. The third-order valence-corrected chi connectivity index (χ3v) is 4.45. The Balaban J connectivity index is 1.94. The molecule has 0 spiro atoms. The predicted molar refractivity (Wildman–Crippen MR) is 105 cm³/mol. The summed E-state index contributed by atoms with van der Waals surface area (Å²) < 4.78 is 34.8. The molecule has 4 aromatic rings. The Morgan fingerprint density at radius 3 is 2.50 bits per heavy atom. The molecule has 0 radical (unpaired) electrons. The van der Waals surface area contributed by atoms with Crippen molar-refractivity contribution in [3.05, 3.63) is 94.3 Å². The zero-order valence-corrected chi connectivity index (χ0v) is 14.9. The van der Waals surface area contributed by atoms with Crippen LogP contribution in [0.15, 0.2) is 71.7 Å². The number of nitrogens with zero attached hydrogens (tertiary/aromatic N) is 1. The summed E-state index contributed by atoms with van der Waals surface area (Å²) in [5.41, 5.74) is 8.11. The molecule has 140 valence electrons. The van der Waals surface area contributed by atoms with Crippen molar-refractivity contribution >= 4 is 16.6 Å². The van der Waals surface area contributed by atoms with Gasteiger partial charge in [-0.25, -0.2) is 8.78 Å². The van der Waals surface area contributed by atoms with Gasteiger partial charge in [0.05, 0.1) is 11.2 Å². The van der Waals surface area contributed by atoms with Gasteiger partial charge in [-0.15, -0.1) is 0 Å². The van der Waals surface area contributed by atoms with Crippen LogP contribution in [0.4, 0.5) is 14.5 Å². The molecule has 4 nitrogen and oxygen atoms in total. The van der Waals surface area contributed by atoms with Gasteiger partial charge in [-0.05, 0) is 49.4 Å². The van der Waals surface area contributed by atoms with E-state index in [1.807, 2.05) is 12.1 Å². The minimum absolute atomic E-state index is 0.0669. The molecule has 3 aromatic carbocycles. The van der Waals surface area contributed by atoms with E-state index in [9.17, 15) is 13.6 Å². The number of ether oxygens (including phenoxy) is 1. The summed E-state index contributed by atoms with van der Waals surface area (Å²) in [5.74, 6) is -1.31. The van der Waals surface area contributed by atoms with Crippen molar-refractivity contribution in [1.29, 1.82) is 0 Å². The fourth-order valence-corrected chi connectivity index (χ4v) is 3.09. The SMILES string of the molecule is Cc1cn(-c2cc(N)ccc2Oc2ccc(F)cc2F)c2ccccc2c1=O. The van der Waals surface area contributed by atoms with E-state index in [0.29, 0.717) is 33.6 Å². The maximum Gasteiger partial charge on any atom is 0.192 e. The lowest BCUT2D eigenvalue weighted by Gasteiger charge is -2.17. The molecule has 0 amide bonds. The molecule has 6 heteroatoms. The number of hydrogen-bond donors (Lipinski definition) is 1. The number of nitrogens with two attached hydrogens (primary N) is 1. The van der Waals surface area contributed by atoms with E-state index in [-0.39, 0.29) is 11.2 Å². The van der Waals surface area contributed by atoms with Crippen molar-refractivity contribution in [1.82, 2.24) is 4.57 Å². The highest BCUT2D eigenvalue weighted by Crippen LogP contribution is 2.33. The number of aryl methyl sites for hydroxylation is 1. The molecule has 0 unspecified atom stereocenters. The normalized spacial score (nSPS) is 11.0. The third kappa shape index (κ3) is 3.09. The smallest absolute Gasteiger partial charge is 0.192 e. The molecule has 0 aliphatic rings. The van der Waals surface area contributed by atoms with E-state index in [1.165, 1.54) is 6.07 Å². The Morgan fingerprint density at radius 1 is 0.964 bits per heavy atom. The van der Waals surface area contributed by atoms with E-state index < -0.39 is 11.6 Å². The first-order valence-corrected chi connectivity index (χ1v) is 8.58. The van der Waals surface area contributed by atoms with Gasteiger partial charge in [-0.2, -0.15) is 0 Å². The second-order valence-corrected chi connectivity index (χ2v) is 6.43. The minimum Gasteiger partial charge on any atom is -0.452 e. The molecule has 0 fully saturated rings. The van der Waals surface area contributed by atoms with Crippen LogP contribution in [0.3, 0.4) is 0 Å². The summed E-state index contributed by atoms with van der Waals surface area (Å²) >= 11 is 0. The summed E-state index contributed by atoms with van der Waals surface area (Å²) in [6, 6.07) is 15.2. The first-order valence-electron chi connectivity index (χ1n) is 8.58. The first kappa shape index (κ1) is 17.7. The molecule has 0 bridgehead atoms. The standard InChI is InChI=1S/C22H16F2N2O2/c1-13-12-26(18-5-3-2-4-16(18)22(13)27)19-11-15(25)7-9-21(19)28-20-8-6-14(23)10-17(20)24/h2-12H,25H2,1H3. The van der Waals surface area contributed by atoms with Crippen molar-refractivity contribution in [3.8, 4) is 17.2 Å². The lowest BCUT2D eigenvalue weighted by molar-refractivity contribution is 0.436. The summed E-state index contributed by atoms with van der Waals surface area (Å²) in [5, 5.41) is 0.545. The molecule has 1 heterocycles. The highest BCUT2D eigenvalue weighted by atomic mass is 19.1. The molecule has 1 aromatic heterocycles. The highest BCUT2D eigenvalue weighted by Gasteiger charge is 2.14. The fourth-order valence-electron chi connectivity index (χ4n) is 3.09. The van der Waals surface area contributed by atoms with Crippen LogP contribution in [0.2, 0.25) is 0 Å². The number of pyridine rings is 1. The van der Waals surface area contributed by atoms with Gasteiger partial charge >= 0.3 is 0 Å². The Bertz CT molecular complexity index is 1270. The summed E-state index contributed by atoms with van der Waals surface area (Å²) in [6.07, 6.45) is 1.69. The van der Waals surface area contributed by atoms with Gasteiger partial charge in [0.1, 0.15) is 5.82 Å². The van der Waals surface area contributed by atoms with Gasteiger partial charge in [0.2, 0.25) is 0 Å². The molecule has 28 heavy (non-hydrogen) atoms. The van der Waals surface area contributed by atoms with Crippen LogP contribution >= 0.6 is 0 Å². The fraction of sp³-hybridized carbons (Fsp3) is 0.0455. The maximum atomic E-state index is 14.1. The zero-order chi connectivity index (χ0) is 19.8.